The summed E-state index contributed by atoms with van der Waals surface area (Å²) >= 11 is 0. The number of aryl methyl sites for hydroxylation is 1. The molecule has 0 bridgehead atoms. The fraction of sp³-hybridized carbons (Fsp3) is 0.500. The van der Waals surface area contributed by atoms with E-state index in [2.05, 4.69) is 29.1 Å². The predicted octanol–water partition coefficient (Wildman–Crippen LogP) is 2.77. The normalized spacial score (nSPS) is 15.8. The zero-order chi connectivity index (χ0) is 16.2. The minimum atomic E-state index is 0.196. The van der Waals surface area contributed by atoms with Crippen LogP contribution >= 0.6 is 0 Å². The number of piperidine rings is 1. The smallest absolute Gasteiger partial charge is 0.219 e. The van der Waals surface area contributed by atoms with Crippen LogP contribution < -0.4 is 0 Å². The van der Waals surface area contributed by atoms with E-state index in [0.717, 1.165) is 50.3 Å². The Morgan fingerprint density at radius 1 is 1.26 bits per heavy atom. The van der Waals surface area contributed by atoms with Crippen molar-refractivity contribution >= 4 is 5.91 Å². The van der Waals surface area contributed by atoms with Crippen LogP contribution in [-0.2, 0) is 17.8 Å². The number of hydrogen-bond donors (Lipinski definition) is 0. The Morgan fingerprint density at radius 3 is 2.65 bits per heavy atom. The number of nitrogens with zero attached hydrogens (tertiary/aromatic N) is 4. The molecule has 5 nitrogen and oxygen atoms in total. The molecule has 2 aromatic heterocycles. The minimum absolute atomic E-state index is 0.196. The first-order chi connectivity index (χ1) is 11.2. The summed E-state index contributed by atoms with van der Waals surface area (Å²) in [6.07, 6.45) is 7.02. The summed E-state index contributed by atoms with van der Waals surface area (Å²) < 4.78 is 1.96. The third-order valence-corrected chi connectivity index (χ3v) is 4.69. The van der Waals surface area contributed by atoms with Gasteiger partial charge in [-0.25, -0.2) is 0 Å². The van der Waals surface area contributed by atoms with Gasteiger partial charge >= 0.3 is 0 Å². The number of amides is 1. The monoisotopic (exact) mass is 312 g/mol. The van der Waals surface area contributed by atoms with Gasteiger partial charge in [0.05, 0.1) is 11.4 Å². The molecule has 3 rings (SSSR count). The van der Waals surface area contributed by atoms with Crippen LogP contribution in [0.3, 0.4) is 0 Å². The van der Waals surface area contributed by atoms with Gasteiger partial charge in [0, 0.05) is 39.0 Å². The molecule has 0 N–H and O–H groups in total. The van der Waals surface area contributed by atoms with Crippen LogP contribution in [-0.4, -0.2) is 38.7 Å². The number of aromatic nitrogens is 3. The molecule has 0 radical (unpaired) electrons. The van der Waals surface area contributed by atoms with Gasteiger partial charge in [0.2, 0.25) is 5.91 Å². The first kappa shape index (κ1) is 15.7. The van der Waals surface area contributed by atoms with Crippen molar-refractivity contribution in [1.29, 1.82) is 0 Å². The molecular weight excluding hydrogens is 288 g/mol. The highest BCUT2D eigenvalue weighted by Gasteiger charge is 2.20. The Morgan fingerprint density at radius 2 is 2.04 bits per heavy atom. The summed E-state index contributed by atoms with van der Waals surface area (Å²) in [7, 11) is 0. The van der Waals surface area contributed by atoms with Gasteiger partial charge in [0.1, 0.15) is 0 Å². The Hall–Kier alpha value is -2.17. The summed E-state index contributed by atoms with van der Waals surface area (Å²) in [5, 5.41) is 4.29. The van der Waals surface area contributed by atoms with E-state index in [4.69, 9.17) is 0 Å². The standard InChI is InChI=1S/C18H24N4O/c1-3-22-18(6-9-20-22)17-5-4-16(13-19-17)12-15-7-10-21(11-8-15)14(2)23/h4-6,9,13,15H,3,7-8,10-12H2,1-2H3. The number of hydrogen-bond acceptors (Lipinski definition) is 3. The zero-order valence-electron chi connectivity index (χ0n) is 13.9. The molecule has 0 aliphatic carbocycles. The summed E-state index contributed by atoms with van der Waals surface area (Å²) in [5.74, 6) is 0.849. The Balaban J connectivity index is 1.61. The van der Waals surface area contributed by atoms with Gasteiger partial charge < -0.3 is 4.90 Å². The van der Waals surface area contributed by atoms with Crippen LogP contribution in [0.1, 0.15) is 32.3 Å². The molecule has 0 unspecified atom stereocenters. The lowest BCUT2D eigenvalue weighted by Crippen LogP contribution is -2.37. The number of carbonyl (C=O) groups excluding carboxylic acids is 1. The summed E-state index contributed by atoms with van der Waals surface area (Å²) in [4.78, 5) is 17.9. The Bertz CT molecular complexity index is 654. The van der Waals surface area contributed by atoms with E-state index in [1.807, 2.05) is 28.0 Å². The highest BCUT2D eigenvalue weighted by molar-refractivity contribution is 5.73. The zero-order valence-corrected chi connectivity index (χ0v) is 13.9. The molecule has 1 saturated heterocycles. The molecule has 0 saturated carbocycles. The molecule has 0 aromatic carbocycles. The van der Waals surface area contributed by atoms with Crippen molar-refractivity contribution in [2.45, 2.75) is 39.7 Å². The van der Waals surface area contributed by atoms with Crippen molar-refractivity contribution in [1.82, 2.24) is 19.7 Å². The molecule has 2 aromatic rings. The molecule has 0 spiro atoms. The quantitative estimate of drug-likeness (QED) is 0.872. The van der Waals surface area contributed by atoms with E-state index in [1.54, 1.807) is 6.92 Å². The van der Waals surface area contributed by atoms with Crippen molar-refractivity contribution in [3.05, 3.63) is 36.2 Å². The first-order valence-corrected chi connectivity index (χ1v) is 8.40. The second kappa shape index (κ2) is 6.94. The number of carbonyl (C=O) groups is 1. The van der Waals surface area contributed by atoms with Crippen LogP contribution in [0.4, 0.5) is 0 Å². The molecule has 1 amide bonds. The maximum atomic E-state index is 11.4. The number of rotatable bonds is 4. The summed E-state index contributed by atoms with van der Waals surface area (Å²) in [6.45, 7) is 6.37. The minimum Gasteiger partial charge on any atom is -0.343 e. The molecule has 1 fully saturated rings. The average molecular weight is 312 g/mol. The lowest BCUT2D eigenvalue weighted by atomic mass is 9.90. The van der Waals surface area contributed by atoms with Gasteiger partial charge in [-0.2, -0.15) is 5.10 Å². The van der Waals surface area contributed by atoms with E-state index >= 15 is 0 Å². The van der Waals surface area contributed by atoms with Crippen LogP contribution in [0.15, 0.2) is 30.6 Å². The van der Waals surface area contributed by atoms with Gasteiger partial charge in [-0.3, -0.25) is 14.5 Å². The second-order valence-corrected chi connectivity index (χ2v) is 6.24. The third kappa shape index (κ3) is 3.60. The van der Waals surface area contributed by atoms with E-state index in [0.29, 0.717) is 5.92 Å². The van der Waals surface area contributed by atoms with Crippen LogP contribution in [0.2, 0.25) is 0 Å². The van der Waals surface area contributed by atoms with Crippen molar-refractivity contribution < 1.29 is 4.79 Å². The van der Waals surface area contributed by atoms with Crippen molar-refractivity contribution in [3.63, 3.8) is 0 Å². The molecule has 1 aliphatic heterocycles. The van der Waals surface area contributed by atoms with Gasteiger partial charge in [-0.15, -0.1) is 0 Å². The highest BCUT2D eigenvalue weighted by Crippen LogP contribution is 2.23. The predicted molar refractivity (Wildman–Crippen MR) is 89.8 cm³/mol. The number of pyridine rings is 1. The Labute approximate surface area is 137 Å². The lowest BCUT2D eigenvalue weighted by Gasteiger charge is -2.31. The first-order valence-electron chi connectivity index (χ1n) is 8.40. The topological polar surface area (TPSA) is 51.0 Å². The maximum Gasteiger partial charge on any atom is 0.219 e. The fourth-order valence-corrected chi connectivity index (χ4v) is 3.28. The van der Waals surface area contributed by atoms with Crippen molar-refractivity contribution in [2.24, 2.45) is 5.92 Å². The molecule has 1 aliphatic rings. The number of likely N-dealkylation sites (tertiary alicyclic amines) is 1. The SMILES string of the molecule is CCn1nccc1-c1ccc(CC2CCN(C(C)=O)CC2)cn1. The summed E-state index contributed by atoms with van der Waals surface area (Å²) in [6, 6.07) is 6.26. The summed E-state index contributed by atoms with van der Waals surface area (Å²) in [5.41, 5.74) is 3.31. The van der Waals surface area contributed by atoms with Gasteiger partial charge in [-0.05, 0) is 49.8 Å². The fourth-order valence-electron chi connectivity index (χ4n) is 3.28. The van der Waals surface area contributed by atoms with Crippen LogP contribution in [0.25, 0.3) is 11.4 Å². The van der Waals surface area contributed by atoms with Crippen molar-refractivity contribution in [3.8, 4) is 11.4 Å². The third-order valence-electron chi connectivity index (χ3n) is 4.69. The van der Waals surface area contributed by atoms with E-state index < -0.39 is 0 Å². The Kier molecular flexibility index (Phi) is 4.74. The molecule has 23 heavy (non-hydrogen) atoms. The highest BCUT2D eigenvalue weighted by atomic mass is 16.2. The van der Waals surface area contributed by atoms with Gasteiger partial charge in [0.15, 0.2) is 0 Å². The van der Waals surface area contributed by atoms with E-state index in [1.165, 1.54) is 5.56 Å². The maximum absolute atomic E-state index is 11.4. The largest absolute Gasteiger partial charge is 0.343 e. The van der Waals surface area contributed by atoms with Crippen molar-refractivity contribution in [2.75, 3.05) is 13.1 Å². The van der Waals surface area contributed by atoms with Crippen LogP contribution in [0.5, 0.6) is 0 Å². The second-order valence-electron chi connectivity index (χ2n) is 6.24. The van der Waals surface area contributed by atoms with Gasteiger partial charge in [-0.1, -0.05) is 6.07 Å². The molecule has 3 heterocycles. The molecule has 122 valence electrons. The molecule has 5 heteroatoms. The van der Waals surface area contributed by atoms with Crippen LogP contribution in [0, 0.1) is 5.92 Å². The van der Waals surface area contributed by atoms with E-state index in [-0.39, 0.29) is 5.91 Å². The van der Waals surface area contributed by atoms with E-state index in [9.17, 15) is 4.79 Å². The molecule has 0 atom stereocenters. The average Bonchev–Trinajstić information content (AvgIpc) is 3.05. The van der Waals surface area contributed by atoms with Gasteiger partial charge in [0.25, 0.3) is 0 Å². The lowest BCUT2D eigenvalue weighted by molar-refractivity contribution is -0.130. The molecular formula is C18H24N4O.